The Kier molecular flexibility index (Phi) is 6.01. The van der Waals surface area contributed by atoms with Gasteiger partial charge < -0.3 is 15.7 Å². The maximum absolute atomic E-state index is 14.4. The highest BCUT2D eigenvalue weighted by molar-refractivity contribution is 5.90. The molecule has 0 atom stereocenters. The number of aliphatic hydroxyl groups is 1. The first-order valence-corrected chi connectivity index (χ1v) is 8.63. The number of imidazole rings is 1. The second kappa shape index (κ2) is 8.49. The number of nitrogens with one attached hydrogen (secondary N) is 2. The Morgan fingerprint density at radius 1 is 1.27 bits per heavy atom. The largest absolute Gasteiger partial charge is 0.435 e. The lowest BCUT2D eigenvalue weighted by Crippen LogP contribution is -2.20. The Bertz CT molecular complexity index is 1050. The number of hydrogen-bond donors (Lipinski definition) is 3. The van der Waals surface area contributed by atoms with Gasteiger partial charge in [-0.2, -0.15) is 18.3 Å². The number of hydrogen-bond acceptors (Lipinski definition) is 6. The fourth-order valence-electron chi connectivity index (χ4n) is 2.63. The van der Waals surface area contributed by atoms with Crippen LogP contribution in [0.4, 0.5) is 29.1 Å². The molecule has 0 saturated heterocycles. The van der Waals surface area contributed by atoms with Crippen LogP contribution < -0.4 is 10.6 Å². The van der Waals surface area contributed by atoms with Gasteiger partial charge in [0.2, 0.25) is 5.91 Å². The number of anilines is 2. The normalized spacial score (nSPS) is 11.5. The molecular weight excluding hydrogens is 410 g/mol. The molecule has 0 aliphatic rings. The lowest BCUT2D eigenvalue weighted by molar-refractivity contribution is -0.142. The number of halogens is 4. The molecule has 3 heterocycles. The van der Waals surface area contributed by atoms with Crippen LogP contribution >= 0.6 is 0 Å². The van der Waals surface area contributed by atoms with Crippen molar-refractivity contribution in [3.8, 4) is 5.82 Å². The molecule has 3 rings (SSSR count). The van der Waals surface area contributed by atoms with E-state index in [1.807, 2.05) is 0 Å². The van der Waals surface area contributed by atoms with E-state index in [4.69, 9.17) is 5.11 Å². The molecule has 160 valence electrons. The lowest BCUT2D eigenvalue weighted by atomic mass is 10.3. The van der Waals surface area contributed by atoms with E-state index in [9.17, 15) is 22.4 Å². The van der Waals surface area contributed by atoms with E-state index in [-0.39, 0.29) is 30.2 Å². The lowest BCUT2D eigenvalue weighted by Gasteiger charge is -2.08. The minimum Gasteiger partial charge on any atom is -0.395 e. The molecule has 0 fully saturated rings. The highest BCUT2D eigenvalue weighted by Crippen LogP contribution is 2.30. The van der Waals surface area contributed by atoms with E-state index >= 15 is 0 Å². The van der Waals surface area contributed by atoms with Gasteiger partial charge in [-0.25, -0.2) is 14.4 Å². The van der Waals surface area contributed by atoms with Crippen molar-refractivity contribution in [1.82, 2.24) is 24.3 Å². The number of alkyl halides is 3. The molecule has 0 unspecified atom stereocenters. The summed E-state index contributed by atoms with van der Waals surface area (Å²) in [7, 11) is 0. The first-order valence-electron chi connectivity index (χ1n) is 8.63. The van der Waals surface area contributed by atoms with Crippen molar-refractivity contribution in [3.63, 3.8) is 0 Å². The number of aliphatic hydroxyl groups excluding tert-OH is 1. The molecule has 0 bridgehead atoms. The molecule has 13 heteroatoms. The number of aryl methyl sites for hydroxylation is 1. The second-order valence-electron chi connectivity index (χ2n) is 6.25. The summed E-state index contributed by atoms with van der Waals surface area (Å²) in [5.74, 6) is -1.11. The Labute approximate surface area is 167 Å². The monoisotopic (exact) mass is 427 g/mol. The molecule has 0 spiro atoms. The number of carbonyl (C=O) groups is 1. The van der Waals surface area contributed by atoms with Crippen molar-refractivity contribution in [1.29, 1.82) is 0 Å². The average molecular weight is 427 g/mol. The topological polar surface area (TPSA) is 110 Å². The van der Waals surface area contributed by atoms with E-state index < -0.39 is 30.1 Å². The van der Waals surface area contributed by atoms with Crippen LogP contribution in [-0.2, 0) is 17.5 Å². The van der Waals surface area contributed by atoms with E-state index in [1.54, 1.807) is 0 Å². The summed E-state index contributed by atoms with van der Waals surface area (Å²) < 4.78 is 54.9. The molecule has 3 aromatic heterocycles. The number of amides is 1. The van der Waals surface area contributed by atoms with E-state index in [0.29, 0.717) is 5.82 Å². The van der Waals surface area contributed by atoms with Crippen LogP contribution in [0.3, 0.4) is 0 Å². The maximum Gasteiger partial charge on any atom is 0.435 e. The molecule has 3 N–H and O–H groups in total. The number of nitrogens with zero attached hydrogens (tertiary/aromatic N) is 5. The van der Waals surface area contributed by atoms with Crippen LogP contribution in [0, 0.1) is 12.7 Å². The second-order valence-corrected chi connectivity index (χ2v) is 6.25. The van der Waals surface area contributed by atoms with Gasteiger partial charge >= 0.3 is 6.18 Å². The van der Waals surface area contributed by atoms with Gasteiger partial charge in [-0.05, 0) is 12.5 Å². The molecule has 0 aliphatic carbocycles. The smallest absolute Gasteiger partial charge is 0.395 e. The zero-order valence-corrected chi connectivity index (χ0v) is 15.6. The van der Waals surface area contributed by atoms with Crippen molar-refractivity contribution in [2.45, 2.75) is 19.6 Å². The van der Waals surface area contributed by atoms with Gasteiger partial charge in [-0.1, -0.05) is 0 Å². The SMILES string of the molecule is Cc1cn(CC(=O)Nc2cnc(-n3cnc(NCCO)c3)c(F)c2)nc1C(F)(F)F. The molecule has 0 aliphatic heterocycles. The molecule has 1 amide bonds. The van der Waals surface area contributed by atoms with Crippen LogP contribution in [0.15, 0.2) is 31.0 Å². The fourth-order valence-corrected chi connectivity index (χ4v) is 2.63. The molecule has 3 aromatic rings. The predicted octanol–water partition coefficient (Wildman–Crippen LogP) is 1.97. The molecule has 30 heavy (non-hydrogen) atoms. The molecule has 0 radical (unpaired) electrons. The Hall–Kier alpha value is -3.48. The quantitative estimate of drug-likeness (QED) is 0.498. The third-order valence-corrected chi connectivity index (χ3v) is 3.87. The van der Waals surface area contributed by atoms with Gasteiger partial charge in [0, 0.05) is 18.8 Å². The van der Waals surface area contributed by atoms with Crippen molar-refractivity contribution in [2.24, 2.45) is 0 Å². The number of pyridine rings is 1. The zero-order valence-electron chi connectivity index (χ0n) is 15.6. The highest BCUT2D eigenvalue weighted by Gasteiger charge is 2.36. The van der Waals surface area contributed by atoms with Gasteiger partial charge in [0.1, 0.15) is 18.7 Å². The minimum absolute atomic E-state index is 0.0277. The number of carbonyl (C=O) groups excluding carboxylic acids is 1. The van der Waals surface area contributed by atoms with Crippen molar-refractivity contribution >= 4 is 17.4 Å². The Morgan fingerprint density at radius 2 is 2.03 bits per heavy atom. The molecule has 0 saturated carbocycles. The van der Waals surface area contributed by atoms with Gasteiger partial charge in [-0.3, -0.25) is 14.0 Å². The summed E-state index contributed by atoms with van der Waals surface area (Å²) >= 11 is 0. The van der Waals surface area contributed by atoms with Crippen LogP contribution in [0.2, 0.25) is 0 Å². The van der Waals surface area contributed by atoms with Crippen molar-refractivity contribution in [2.75, 3.05) is 23.8 Å². The summed E-state index contributed by atoms with van der Waals surface area (Å²) in [5, 5.41) is 17.3. The summed E-state index contributed by atoms with van der Waals surface area (Å²) in [6.07, 6.45) is 0.479. The molecular formula is C17H17F4N7O2. The van der Waals surface area contributed by atoms with Gasteiger partial charge in [0.05, 0.1) is 24.7 Å². The van der Waals surface area contributed by atoms with Crippen molar-refractivity contribution in [3.05, 3.63) is 48.1 Å². The first-order chi connectivity index (χ1) is 14.2. The van der Waals surface area contributed by atoms with Crippen LogP contribution in [0.25, 0.3) is 5.82 Å². The van der Waals surface area contributed by atoms with Crippen LogP contribution in [-0.4, -0.2) is 48.5 Å². The summed E-state index contributed by atoms with van der Waals surface area (Å²) in [6.45, 7) is 0.937. The van der Waals surface area contributed by atoms with Gasteiger partial charge in [-0.15, -0.1) is 0 Å². The third-order valence-electron chi connectivity index (χ3n) is 3.87. The fraction of sp³-hybridized carbons (Fsp3) is 0.294. The Morgan fingerprint density at radius 3 is 2.67 bits per heavy atom. The third kappa shape index (κ3) is 4.92. The first kappa shape index (κ1) is 21.2. The number of aromatic nitrogens is 5. The summed E-state index contributed by atoms with van der Waals surface area (Å²) in [5.41, 5.74) is -1.15. The van der Waals surface area contributed by atoms with Gasteiger partial charge in [0.15, 0.2) is 17.3 Å². The zero-order chi connectivity index (χ0) is 21.9. The standard InChI is InChI=1S/C17H17F4N7O2/c1-10-6-28(26-15(10)17(19,20)21)8-14(30)25-11-4-12(18)16(23-5-11)27-7-13(24-9-27)22-2-3-29/h4-7,9,22,29H,2-3,8H2,1H3,(H,25,30). The molecule has 0 aromatic carbocycles. The maximum atomic E-state index is 14.4. The van der Waals surface area contributed by atoms with Crippen LogP contribution in [0.5, 0.6) is 0 Å². The molecule has 9 nitrogen and oxygen atoms in total. The van der Waals surface area contributed by atoms with E-state index in [0.717, 1.165) is 16.9 Å². The average Bonchev–Trinajstić information content (AvgIpc) is 3.26. The predicted molar refractivity (Wildman–Crippen MR) is 97.5 cm³/mol. The van der Waals surface area contributed by atoms with Crippen molar-refractivity contribution < 1.29 is 27.5 Å². The van der Waals surface area contributed by atoms with E-state index in [2.05, 4.69) is 25.7 Å². The minimum atomic E-state index is -4.62. The summed E-state index contributed by atoms with van der Waals surface area (Å²) in [6, 6.07) is 1.02. The van der Waals surface area contributed by atoms with Crippen LogP contribution in [0.1, 0.15) is 11.3 Å². The van der Waals surface area contributed by atoms with Gasteiger partial charge in [0.25, 0.3) is 0 Å². The highest BCUT2D eigenvalue weighted by atomic mass is 19.4. The summed E-state index contributed by atoms with van der Waals surface area (Å²) in [4.78, 5) is 20.0. The van der Waals surface area contributed by atoms with E-state index in [1.165, 1.54) is 30.2 Å². The Balaban J connectivity index is 1.67. The number of rotatable bonds is 7.